The molecule has 0 saturated heterocycles. The molecule has 0 aliphatic carbocycles. The second-order valence-electron chi connectivity index (χ2n) is 3.34. The predicted octanol–water partition coefficient (Wildman–Crippen LogP) is 3.40. The van der Waals surface area contributed by atoms with Crippen LogP contribution in [-0.4, -0.2) is 0 Å². The molecule has 0 aliphatic heterocycles. The summed E-state index contributed by atoms with van der Waals surface area (Å²) in [4.78, 5) is 5.47. The van der Waals surface area contributed by atoms with Gasteiger partial charge < -0.3 is 4.84 Å². The first-order valence-corrected chi connectivity index (χ1v) is 4.90. The molecule has 76 valence electrons. The SMILES string of the molecule is Cc1ccccc1ONc1ccccc1. The van der Waals surface area contributed by atoms with Crippen molar-refractivity contribution in [1.82, 2.24) is 0 Å². The Balaban J connectivity index is 2.03. The molecule has 0 heterocycles. The average molecular weight is 199 g/mol. The molecule has 0 aliphatic rings. The van der Waals surface area contributed by atoms with Crippen LogP contribution in [0.1, 0.15) is 5.56 Å². The van der Waals surface area contributed by atoms with Crippen LogP contribution in [0.4, 0.5) is 5.69 Å². The van der Waals surface area contributed by atoms with Crippen molar-refractivity contribution in [3.05, 3.63) is 60.2 Å². The maximum Gasteiger partial charge on any atom is 0.157 e. The van der Waals surface area contributed by atoms with Crippen molar-refractivity contribution in [1.29, 1.82) is 0 Å². The second-order valence-corrected chi connectivity index (χ2v) is 3.34. The maximum absolute atomic E-state index is 5.47. The summed E-state index contributed by atoms with van der Waals surface area (Å²) in [5.74, 6) is 0.848. The van der Waals surface area contributed by atoms with E-state index in [4.69, 9.17) is 4.84 Å². The zero-order valence-corrected chi connectivity index (χ0v) is 8.60. The minimum absolute atomic E-state index is 0.848. The molecule has 0 saturated carbocycles. The topological polar surface area (TPSA) is 21.3 Å². The lowest BCUT2D eigenvalue weighted by Crippen LogP contribution is -2.05. The standard InChI is InChI=1S/C13H13NO/c1-11-7-5-6-10-13(11)15-14-12-8-3-2-4-9-12/h2-10,14H,1H3. The number of aryl methyl sites for hydroxylation is 1. The van der Waals surface area contributed by atoms with Crippen molar-refractivity contribution in [2.75, 3.05) is 5.48 Å². The molecule has 0 radical (unpaired) electrons. The van der Waals surface area contributed by atoms with Gasteiger partial charge in [0.1, 0.15) is 0 Å². The van der Waals surface area contributed by atoms with Crippen molar-refractivity contribution in [2.45, 2.75) is 6.92 Å². The Morgan fingerprint density at radius 1 is 0.867 bits per heavy atom. The summed E-state index contributed by atoms with van der Waals surface area (Å²) >= 11 is 0. The molecule has 0 bridgehead atoms. The smallest absolute Gasteiger partial charge is 0.157 e. The van der Waals surface area contributed by atoms with Gasteiger partial charge in [-0.2, -0.15) is 0 Å². The van der Waals surface area contributed by atoms with Gasteiger partial charge in [0, 0.05) is 0 Å². The minimum Gasteiger partial charge on any atom is -0.382 e. The second kappa shape index (κ2) is 4.51. The van der Waals surface area contributed by atoms with Gasteiger partial charge in [-0.15, -0.1) is 0 Å². The Bertz CT molecular complexity index is 426. The van der Waals surface area contributed by atoms with E-state index >= 15 is 0 Å². The third-order valence-corrected chi connectivity index (χ3v) is 2.15. The van der Waals surface area contributed by atoms with Gasteiger partial charge in [0.25, 0.3) is 0 Å². The monoisotopic (exact) mass is 199 g/mol. The molecule has 2 aromatic rings. The summed E-state index contributed by atoms with van der Waals surface area (Å²) in [6.07, 6.45) is 0. The number of hydrogen-bond donors (Lipinski definition) is 1. The first kappa shape index (κ1) is 9.59. The Kier molecular flexibility index (Phi) is 2.88. The van der Waals surface area contributed by atoms with Crippen LogP contribution in [-0.2, 0) is 0 Å². The molecule has 2 aromatic carbocycles. The van der Waals surface area contributed by atoms with E-state index in [1.54, 1.807) is 0 Å². The summed E-state index contributed by atoms with van der Waals surface area (Å²) in [6, 6.07) is 17.7. The first-order valence-electron chi connectivity index (χ1n) is 4.90. The molecular formula is C13H13NO. The van der Waals surface area contributed by atoms with E-state index in [0.29, 0.717) is 0 Å². The van der Waals surface area contributed by atoms with Gasteiger partial charge in [-0.1, -0.05) is 36.4 Å². The van der Waals surface area contributed by atoms with Gasteiger partial charge in [0.15, 0.2) is 5.75 Å². The van der Waals surface area contributed by atoms with E-state index in [0.717, 1.165) is 17.0 Å². The van der Waals surface area contributed by atoms with Crippen LogP contribution in [0.15, 0.2) is 54.6 Å². The number of nitrogens with one attached hydrogen (secondary N) is 1. The fraction of sp³-hybridized carbons (Fsp3) is 0.0769. The van der Waals surface area contributed by atoms with Crippen molar-refractivity contribution in [3.8, 4) is 5.75 Å². The molecule has 0 unspecified atom stereocenters. The highest BCUT2D eigenvalue weighted by Crippen LogP contribution is 2.17. The van der Waals surface area contributed by atoms with Crippen LogP contribution in [0.2, 0.25) is 0 Å². The fourth-order valence-electron chi connectivity index (χ4n) is 1.29. The third kappa shape index (κ3) is 2.50. The number of benzene rings is 2. The summed E-state index contributed by atoms with van der Waals surface area (Å²) in [5, 5.41) is 0. The summed E-state index contributed by atoms with van der Waals surface area (Å²) < 4.78 is 0. The fourth-order valence-corrected chi connectivity index (χ4v) is 1.29. The van der Waals surface area contributed by atoms with E-state index < -0.39 is 0 Å². The van der Waals surface area contributed by atoms with Crippen molar-refractivity contribution in [3.63, 3.8) is 0 Å². The van der Waals surface area contributed by atoms with E-state index in [9.17, 15) is 0 Å². The first-order chi connectivity index (χ1) is 7.36. The van der Waals surface area contributed by atoms with Crippen LogP contribution in [0.25, 0.3) is 0 Å². The lowest BCUT2D eigenvalue weighted by Gasteiger charge is -2.09. The Hall–Kier alpha value is -1.96. The maximum atomic E-state index is 5.47. The lowest BCUT2D eigenvalue weighted by molar-refractivity contribution is 0.402. The molecule has 15 heavy (non-hydrogen) atoms. The van der Waals surface area contributed by atoms with E-state index in [2.05, 4.69) is 5.48 Å². The van der Waals surface area contributed by atoms with Crippen LogP contribution in [0.5, 0.6) is 5.75 Å². The van der Waals surface area contributed by atoms with Crippen molar-refractivity contribution >= 4 is 5.69 Å². The van der Waals surface area contributed by atoms with Crippen LogP contribution in [0, 0.1) is 6.92 Å². The highest BCUT2D eigenvalue weighted by atomic mass is 16.6. The molecule has 1 N–H and O–H groups in total. The third-order valence-electron chi connectivity index (χ3n) is 2.15. The Morgan fingerprint density at radius 2 is 1.53 bits per heavy atom. The molecule has 0 aromatic heterocycles. The van der Waals surface area contributed by atoms with E-state index in [1.807, 2.05) is 61.5 Å². The molecule has 2 rings (SSSR count). The van der Waals surface area contributed by atoms with Gasteiger partial charge in [0.2, 0.25) is 0 Å². The van der Waals surface area contributed by atoms with Crippen LogP contribution in [0.3, 0.4) is 0 Å². The summed E-state index contributed by atoms with van der Waals surface area (Å²) in [7, 11) is 0. The number of rotatable bonds is 3. The van der Waals surface area contributed by atoms with E-state index in [1.165, 1.54) is 0 Å². The van der Waals surface area contributed by atoms with Gasteiger partial charge >= 0.3 is 0 Å². The van der Waals surface area contributed by atoms with Gasteiger partial charge in [-0.25, -0.2) is 5.48 Å². The van der Waals surface area contributed by atoms with Crippen molar-refractivity contribution < 1.29 is 4.84 Å². The zero-order valence-electron chi connectivity index (χ0n) is 8.60. The molecule has 2 heteroatoms. The average Bonchev–Trinajstić information content (AvgIpc) is 2.29. The Morgan fingerprint density at radius 3 is 2.27 bits per heavy atom. The normalized spacial score (nSPS) is 9.67. The summed E-state index contributed by atoms with van der Waals surface area (Å²) in [5.41, 5.74) is 4.96. The largest absolute Gasteiger partial charge is 0.382 e. The molecule has 0 fully saturated rings. The highest BCUT2D eigenvalue weighted by molar-refractivity contribution is 5.42. The summed E-state index contributed by atoms with van der Waals surface area (Å²) in [6.45, 7) is 2.02. The van der Waals surface area contributed by atoms with Crippen LogP contribution < -0.4 is 10.3 Å². The molecular weight excluding hydrogens is 186 g/mol. The minimum atomic E-state index is 0.848. The molecule has 0 amide bonds. The highest BCUT2D eigenvalue weighted by Gasteiger charge is 1.97. The number of para-hydroxylation sites is 2. The van der Waals surface area contributed by atoms with Gasteiger partial charge in [-0.3, -0.25) is 0 Å². The molecule has 2 nitrogen and oxygen atoms in total. The quantitative estimate of drug-likeness (QED) is 0.765. The molecule has 0 spiro atoms. The predicted molar refractivity (Wildman–Crippen MR) is 61.9 cm³/mol. The number of anilines is 1. The molecule has 0 atom stereocenters. The van der Waals surface area contributed by atoms with Gasteiger partial charge in [0.05, 0.1) is 5.69 Å². The number of hydrogen-bond acceptors (Lipinski definition) is 2. The van der Waals surface area contributed by atoms with Crippen molar-refractivity contribution in [2.24, 2.45) is 0 Å². The van der Waals surface area contributed by atoms with Gasteiger partial charge in [-0.05, 0) is 30.7 Å². The van der Waals surface area contributed by atoms with Crippen LogP contribution >= 0.6 is 0 Å². The Labute approximate surface area is 89.5 Å². The zero-order chi connectivity index (χ0) is 10.5. The van der Waals surface area contributed by atoms with E-state index in [-0.39, 0.29) is 0 Å². The lowest BCUT2D eigenvalue weighted by atomic mass is 10.2.